The fraction of sp³-hybridized carbons (Fsp3) is 0.875. The molecule has 0 bridgehead atoms. The highest BCUT2D eigenvalue weighted by Gasteiger charge is 2.28. The second-order valence-electron chi connectivity index (χ2n) is 6.31. The Labute approximate surface area is 127 Å². The zero-order valence-corrected chi connectivity index (χ0v) is 13.6. The molecule has 0 spiro atoms. The van der Waals surface area contributed by atoms with E-state index in [2.05, 4.69) is 29.3 Å². The van der Waals surface area contributed by atoms with Gasteiger partial charge in [0.05, 0.1) is 0 Å². The van der Waals surface area contributed by atoms with Gasteiger partial charge in [-0.1, -0.05) is 38.3 Å². The molecular weight excluding hydrogens is 266 g/mol. The SMILES string of the molecule is COC(c1noc(CCCNC(C)C)n1)C1CCCCC1. The van der Waals surface area contributed by atoms with Gasteiger partial charge in [0.25, 0.3) is 0 Å². The van der Waals surface area contributed by atoms with Crippen LogP contribution in [0.3, 0.4) is 0 Å². The van der Waals surface area contributed by atoms with Gasteiger partial charge in [-0.05, 0) is 31.7 Å². The summed E-state index contributed by atoms with van der Waals surface area (Å²) in [5.74, 6) is 2.00. The monoisotopic (exact) mass is 295 g/mol. The van der Waals surface area contributed by atoms with Crippen molar-refractivity contribution in [3.05, 3.63) is 11.7 Å². The van der Waals surface area contributed by atoms with Gasteiger partial charge in [-0.2, -0.15) is 4.98 Å². The van der Waals surface area contributed by atoms with Crippen LogP contribution in [0.4, 0.5) is 0 Å². The molecule has 0 aliphatic heterocycles. The van der Waals surface area contributed by atoms with Crippen LogP contribution in [0.15, 0.2) is 4.52 Å². The predicted octanol–water partition coefficient (Wildman–Crippen LogP) is 3.27. The predicted molar refractivity (Wildman–Crippen MR) is 82.1 cm³/mol. The Morgan fingerprint density at radius 3 is 2.71 bits per heavy atom. The topological polar surface area (TPSA) is 60.2 Å². The summed E-state index contributed by atoms with van der Waals surface area (Å²) in [6.07, 6.45) is 8.17. The molecule has 0 amide bonds. The first kappa shape index (κ1) is 16.4. The molecule has 5 nitrogen and oxygen atoms in total. The van der Waals surface area contributed by atoms with Gasteiger partial charge >= 0.3 is 0 Å². The molecule has 2 rings (SSSR count). The van der Waals surface area contributed by atoms with Crippen LogP contribution < -0.4 is 5.32 Å². The molecule has 1 aliphatic carbocycles. The lowest BCUT2D eigenvalue weighted by molar-refractivity contribution is 0.0273. The molecule has 1 N–H and O–H groups in total. The first-order valence-electron chi connectivity index (χ1n) is 8.29. The standard InChI is InChI=1S/C16H29N3O2/c1-12(2)17-11-7-10-14-18-16(19-21-14)15(20-3)13-8-5-4-6-9-13/h12-13,15,17H,4-11H2,1-3H3. The lowest BCUT2D eigenvalue weighted by Gasteiger charge is -2.26. The van der Waals surface area contributed by atoms with Crippen molar-refractivity contribution >= 4 is 0 Å². The van der Waals surface area contributed by atoms with Crippen molar-refractivity contribution in [1.29, 1.82) is 0 Å². The van der Waals surface area contributed by atoms with E-state index in [1.165, 1.54) is 32.1 Å². The molecule has 1 aromatic rings. The first-order valence-corrected chi connectivity index (χ1v) is 8.29. The molecular formula is C16H29N3O2. The van der Waals surface area contributed by atoms with Crippen molar-refractivity contribution in [1.82, 2.24) is 15.5 Å². The normalized spacial score (nSPS) is 18.3. The number of nitrogens with one attached hydrogen (secondary N) is 1. The highest BCUT2D eigenvalue weighted by atomic mass is 16.5. The zero-order chi connectivity index (χ0) is 15.1. The van der Waals surface area contributed by atoms with Gasteiger partial charge in [-0.25, -0.2) is 0 Å². The minimum atomic E-state index is -0.00316. The van der Waals surface area contributed by atoms with E-state index in [0.717, 1.165) is 31.1 Å². The Kier molecular flexibility index (Phi) is 6.64. The molecule has 1 heterocycles. The van der Waals surface area contributed by atoms with Crippen LogP contribution in [0.25, 0.3) is 0 Å². The summed E-state index contributed by atoms with van der Waals surface area (Å²) in [5, 5.41) is 7.54. The summed E-state index contributed by atoms with van der Waals surface area (Å²) in [5.41, 5.74) is 0. The van der Waals surface area contributed by atoms with Crippen LogP contribution in [-0.2, 0) is 11.2 Å². The average Bonchev–Trinajstić information content (AvgIpc) is 2.94. The number of rotatable bonds is 8. The highest BCUT2D eigenvalue weighted by molar-refractivity contribution is 4.95. The van der Waals surface area contributed by atoms with E-state index in [1.807, 2.05) is 0 Å². The smallest absolute Gasteiger partial charge is 0.226 e. The van der Waals surface area contributed by atoms with E-state index >= 15 is 0 Å². The van der Waals surface area contributed by atoms with Gasteiger partial charge in [-0.15, -0.1) is 0 Å². The number of methoxy groups -OCH3 is 1. The minimum Gasteiger partial charge on any atom is -0.373 e. The van der Waals surface area contributed by atoms with Crippen molar-refractivity contribution < 1.29 is 9.26 Å². The van der Waals surface area contributed by atoms with Gasteiger partial charge in [-0.3, -0.25) is 0 Å². The summed E-state index contributed by atoms with van der Waals surface area (Å²) in [7, 11) is 1.75. The molecule has 0 aromatic carbocycles. The van der Waals surface area contributed by atoms with Gasteiger partial charge in [0, 0.05) is 19.6 Å². The molecule has 5 heteroatoms. The minimum absolute atomic E-state index is 0.00316. The molecule has 21 heavy (non-hydrogen) atoms. The Bertz CT molecular complexity index is 400. The van der Waals surface area contributed by atoms with Gasteiger partial charge in [0.1, 0.15) is 6.10 Å². The number of ether oxygens (including phenoxy) is 1. The van der Waals surface area contributed by atoms with Crippen LogP contribution >= 0.6 is 0 Å². The van der Waals surface area contributed by atoms with E-state index in [-0.39, 0.29) is 6.10 Å². The van der Waals surface area contributed by atoms with Crippen LogP contribution in [0.1, 0.15) is 70.2 Å². The van der Waals surface area contributed by atoms with E-state index in [9.17, 15) is 0 Å². The molecule has 0 saturated heterocycles. The number of nitrogens with zero attached hydrogens (tertiary/aromatic N) is 2. The molecule has 1 unspecified atom stereocenters. The number of aromatic nitrogens is 2. The van der Waals surface area contributed by atoms with Gasteiger partial charge in [0.2, 0.25) is 11.7 Å². The lowest BCUT2D eigenvalue weighted by Crippen LogP contribution is -2.24. The quantitative estimate of drug-likeness (QED) is 0.746. The van der Waals surface area contributed by atoms with Crippen molar-refractivity contribution in [2.45, 2.75) is 70.9 Å². The summed E-state index contributed by atoms with van der Waals surface area (Å²) < 4.78 is 11.0. The third-order valence-corrected chi connectivity index (χ3v) is 4.19. The maximum atomic E-state index is 5.65. The number of aryl methyl sites for hydroxylation is 1. The first-order chi connectivity index (χ1) is 10.2. The lowest BCUT2D eigenvalue weighted by atomic mass is 9.85. The summed E-state index contributed by atoms with van der Waals surface area (Å²) >= 11 is 0. The fourth-order valence-corrected chi connectivity index (χ4v) is 3.06. The van der Waals surface area contributed by atoms with E-state index in [4.69, 9.17) is 9.26 Å². The molecule has 1 atom stereocenters. The molecule has 1 fully saturated rings. The van der Waals surface area contributed by atoms with E-state index in [1.54, 1.807) is 7.11 Å². The van der Waals surface area contributed by atoms with Crippen LogP contribution in [0.5, 0.6) is 0 Å². The maximum absolute atomic E-state index is 5.65. The number of hydrogen-bond acceptors (Lipinski definition) is 5. The Hall–Kier alpha value is -0.940. The molecule has 0 radical (unpaired) electrons. The van der Waals surface area contributed by atoms with Crippen LogP contribution in [-0.4, -0.2) is 29.8 Å². The summed E-state index contributed by atoms with van der Waals surface area (Å²) in [6, 6.07) is 0.521. The fourth-order valence-electron chi connectivity index (χ4n) is 3.06. The summed E-state index contributed by atoms with van der Waals surface area (Å²) in [6.45, 7) is 5.28. The van der Waals surface area contributed by atoms with Crippen LogP contribution in [0, 0.1) is 5.92 Å². The van der Waals surface area contributed by atoms with E-state index in [0.29, 0.717) is 12.0 Å². The van der Waals surface area contributed by atoms with Crippen molar-refractivity contribution in [3.8, 4) is 0 Å². The second kappa shape index (κ2) is 8.49. The zero-order valence-electron chi connectivity index (χ0n) is 13.6. The largest absolute Gasteiger partial charge is 0.373 e. The van der Waals surface area contributed by atoms with Gasteiger partial charge < -0.3 is 14.6 Å². The third kappa shape index (κ3) is 5.08. The third-order valence-electron chi connectivity index (χ3n) is 4.19. The van der Waals surface area contributed by atoms with E-state index < -0.39 is 0 Å². The molecule has 1 aromatic heterocycles. The summed E-state index contributed by atoms with van der Waals surface area (Å²) in [4.78, 5) is 4.54. The Balaban J connectivity index is 1.85. The van der Waals surface area contributed by atoms with Crippen molar-refractivity contribution in [3.63, 3.8) is 0 Å². The maximum Gasteiger partial charge on any atom is 0.226 e. The van der Waals surface area contributed by atoms with Crippen LogP contribution in [0.2, 0.25) is 0 Å². The number of hydrogen-bond donors (Lipinski definition) is 1. The second-order valence-corrected chi connectivity index (χ2v) is 6.31. The molecule has 1 saturated carbocycles. The van der Waals surface area contributed by atoms with Crippen molar-refractivity contribution in [2.75, 3.05) is 13.7 Å². The van der Waals surface area contributed by atoms with Crippen molar-refractivity contribution in [2.24, 2.45) is 5.92 Å². The van der Waals surface area contributed by atoms with Gasteiger partial charge in [0.15, 0.2) is 0 Å². The molecule has 1 aliphatic rings. The average molecular weight is 295 g/mol. The molecule has 120 valence electrons. The highest BCUT2D eigenvalue weighted by Crippen LogP contribution is 2.35. The Morgan fingerprint density at radius 2 is 2.05 bits per heavy atom. The Morgan fingerprint density at radius 1 is 1.29 bits per heavy atom.